The van der Waals surface area contributed by atoms with E-state index in [9.17, 15) is 4.79 Å². The summed E-state index contributed by atoms with van der Waals surface area (Å²) in [7, 11) is 0. The lowest BCUT2D eigenvalue weighted by molar-refractivity contribution is 0.00373. The molecule has 1 fully saturated rings. The number of hydrogen-bond acceptors (Lipinski definition) is 3. The van der Waals surface area contributed by atoms with Crippen LogP contribution < -0.4 is 0 Å². The number of nitrogens with zero attached hydrogens (tertiary/aromatic N) is 1. The Morgan fingerprint density at radius 2 is 2.28 bits per heavy atom. The number of morpholine rings is 1. The van der Waals surface area contributed by atoms with Crippen LogP contribution >= 0.6 is 11.3 Å². The zero-order valence-electron chi connectivity index (χ0n) is 10.3. The Morgan fingerprint density at radius 1 is 1.44 bits per heavy atom. The van der Waals surface area contributed by atoms with Crippen LogP contribution in [-0.4, -0.2) is 36.6 Å². The van der Waals surface area contributed by atoms with Gasteiger partial charge in [-0.05, 0) is 13.0 Å². The van der Waals surface area contributed by atoms with Gasteiger partial charge in [-0.2, -0.15) is 0 Å². The Hall–Kier alpha value is -1.39. The molecular weight excluding hydrogens is 246 g/mol. The molecule has 0 radical (unpaired) electrons. The molecule has 2 heterocycles. The predicted octanol–water partition coefficient (Wildman–Crippen LogP) is 2.76. The summed E-state index contributed by atoms with van der Waals surface area (Å²) in [5.41, 5.74) is 0.823. The SMILES string of the molecule is C[C@H]1COCCN1C(=O)c1csc2ccccc12. The Kier molecular flexibility index (Phi) is 3.06. The van der Waals surface area contributed by atoms with Crippen LogP contribution in [0.1, 0.15) is 17.3 Å². The van der Waals surface area contributed by atoms with Gasteiger partial charge in [-0.15, -0.1) is 11.3 Å². The molecule has 94 valence electrons. The number of amides is 1. The molecule has 1 aliphatic rings. The van der Waals surface area contributed by atoms with Crippen LogP contribution in [0, 0.1) is 0 Å². The van der Waals surface area contributed by atoms with E-state index in [1.807, 2.05) is 35.4 Å². The quantitative estimate of drug-likeness (QED) is 0.790. The van der Waals surface area contributed by atoms with Gasteiger partial charge in [0.15, 0.2) is 0 Å². The maximum Gasteiger partial charge on any atom is 0.255 e. The average Bonchev–Trinajstić information content (AvgIpc) is 2.82. The highest BCUT2D eigenvalue weighted by molar-refractivity contribution is 7.17. The van der Waals surface area contributed by atoms with Crippen molar-refractivity contribution in [3.63, 3.8) is 0 Å². The van der Waals surface area contributed by atoms with E-state index in [-0.39, 0.29) is 11.9 Å². The van der Waals surface area contributed by atoms with Gasteiger partial charge in [0.1, 0.15) is 0 Å². The third-order valence-corrected chi connectivity index (χ3v) is 4.30. The predicted molar refractivity (Wildman–Crippen MR) is 73.1 cm³/mol. The molecule has 1 saturated heterocycles. The molecule has 1 aromatic carbocycles. The number of rotatable bonds is 1. The molecule has 18 heavy (non-hydrogen) atoms. The van der Waals surface area contributed by atoms with Gasteiger partial charge in [-0.3, -0.25) is 4.79 Å². The Labute approximate surface area is 110 Å². The van der Waals surface area contributed by atoms with Crippen molar-refractivity contribution in [1.82, 2.24) is 4.90 Å². The number of hydrogen-bond donors (Lipinski definition) is 0. The van der Waals surface area contributed by atoms with E-state index < -0.39 is 0 Å². The highest BCUT2D eigenvalue weighted by Crippen LogP contribution is 2.27. The summed E-state index contributed by atoms with van der Waals surface area (Å²) < 4.78 is 6.54. The molecule has 0 bridgehead atoms. The Morgan fingerprint density at radius 3 is 3.11 bits per heavy atom. The Bertz CT molecular complexity index is 578. The summed E-state index contributed by atoms with van der Waals surface area (Å²) in [5, 5.41) is 3.03. The van der Waals surface area contributed by atoms with E-state index in [1.54, 1.807) is 11.3 Å². The standard InChI is InChI=1S/C14H15NO2S/c1-10-8-17-7-6-15(10)14(16)12-9-18-13-5-3-2-4-11(12)13/h2-5,9-10H,6-8H2,1H3/t10-/m0/s1. The summed E-state index contributed by atoms with van der Waals surface area (Å²) in [5.74, 6) is 0.128. The van der Waals surface area contributed by atoms with E-state index in [1.165, 1.54) is 4.70 Å². The summed E-state index contributed by atoms with van der Waals surface area (Å²) in [4.78, 5) is 14.5. The zero-order chi connectivity index (χ0) is 12.5. The highest BCUT2D eigenvalue weighted by atomic mass is 32.1. The van der Waals surface area contributed by atoms with Gasteiger partial charge in [-0.25, -0.2) is 0 Å². The fourth-order valence-corrected chi connectivity index (χ4v) is 3.26. The lowest BCUT2D eigenvalue weighted by atomic mass is 10.1. The van der Waals surface area contributed by atoms with Crippen LogP contribution in [-0.2, 0) is 4.74 Å². The molecule has 0 N–H and O–H groups in total. The molecule has 1 aliphatic heterocycles. The van der Waals surface area contributed by atoms with Crippen LogP contribution in [0.3, 0.4) is 0 Å². The monoisotopic (exact) mass is 261 g/mol. The molecule has 2 aromatic rings. The number of fused-ring (bicyclic) bond motifs is 1. The molecule has 0 unspecified atom stereocenters. The van der Waals surface area contributed by atoms with Gasteiger partial charge in [-0.1, -0.05) is 18.2 Å². The van der Waals surface area contributed by atoms with Crippen molar-refractivity contribution in [3.8, 4) is 0 Å². The Balaban J connectivity index is 1.96. The second-order valence-corrected chi connectivity index (χ2v) is 5.48. The summed E-state index contributed by atoms with van der Waals surface area (Å²) >= 11 is 1.63. The molecule has 0 aliphatic carbocycles. The first-order chi connectivity index (χ1) is 8.77. The molecule has 0 saturated carbocycles. The average molecular weight is 261 g/mol. The van der Waals surface area contributed by atoms with Crippen molar-refractivity contribution < 1.29 is 9.53 Å². The van der Waals surface area contributed by atoms with Crippen molar-refractivity contribution in [2.75, 3.05) is 19.8 Å². The van der Waals surface area contributed by atoms with E-state index in [2.05, 4.69) is 6.07 Å². The summed E-state index contributed by atoms with van der Waals surface area (Å²) in [6, 6.07) is 8.22. The zero-order valence-corrected chi connectivity index (χ0v) is 11.1. The molecule has 3 rings (SSSR count). The minimum atomic E-state index is 0.128. The topological polar surface area (TPSA) is 29.5 Å². The van der Waals surface area contributed by atoms with Gasteiger partial charge >= 0.3 is 0 Å². The number of ether oxygens (including phenoxy) is 1. The van der Waals surface area contributed by atoms with E-state index in [0.29, 0.717) is 19.8 Å². The number of thiophene rings is 1. The van der Waals surface area contributed by atoms with Crippen molar-refractivity contribution in [2.24, 2.45) is 0 Å². The molecule has 4 heteroatoms. The molecular formula is C14H15NO2S. The lowest BCUT2D eigenvalue weighted by Crippen LogP contribution is -2.47. The van der Waals surface area contributed by atoms with Crippen LogP contribution in [0.4, 0.5) is 0 Å². The van der Waals surface area contributed by atoms with Crippen LogP contribution in [0.2, 0.25) is 0 Å². The number of carbonyl (C=O) groups is 1. The fourth-order valence-electron chi connectivity index (χ4n) is 2.33. The van der Waals surface area contributed by atoms with Crippen LogP contribution in [0.5, 0.6) is 0 Å². The smallest absolute Gasteiger partial charge is 0.255 e. The van der Waals surface area contributed by atoms with Crippen molar-refractivity contribution in [1.29, 1.82) is 0 Å². The molecule has 1 aromatic heterocycles. The second-order valence-electron chi connectivity index (χ2n) is 4.57. The highest BCUT2D eigenvalue weighted by Gasteiger charge is 2.26. The molecule has 0 spiro atoms. The minimum absolute atomic E-state index is 0.128. The van der Waals surface area contributed by atoms with E-state index >= 15 is 0 Å². The first kappa shape index (κ1) is 11.7. The van der Waals surface area contributed by atoms with Gasteiger partial charge in [0, 0.05) is 22.0 Å². The first-order valence-corrected chi connectivity index (χ1v) is 7.00. The fraction of sp³-hybridized carbons (Fsp3) is 0.357. The van der Waals surface area contributed by atoms with E-state index in [4.69, 9.17) is 4.74 Å². The van der Waals surface area contributed by atoms with Crippen molar-refractivity contribution >= 4 is 27.3 Å². The maximum atomic E-state index is 12.6. The van der Waals surface area contributed by atoms with Crippen molar-refractivity contribution in [2.45, 2.75) is 13.0 Å². The van der Waals surface area contributed by atoms with Crippen LogP contribution in [0.25, 0.3) is 10.1 Å². The normalized spacial score (nSPS) is 20.3. The first-order valence-electron chi connectivity index (χ1n) is 6.12. The lowest BCUT2D eigenvalue weighted by Gasteiger charge is -2.33. The van der Waals surface area contributed by atoms with E-state index in [0.717, 1.165) is 10.9 Å². The van der Waals surface area contributed by atoms with Gasteiger partial charge < -0.3 is 9.64 Å². The maximum absolute atomic E-state index is 12.6. The van der Waals surface area contributed by atoms with Crippen LogP contribution in [0.15, 0.2) is 29.6 Å². The minimum Gasteiger partial charge on any atom is -0.377 e. The second kappa shape index (κ2) is 4.71. The molecule has 1 amide bonds. The summed E-state index contributed by atoms with van der Waals surface area (Å²) in [6.07, 6.45) is 0. The number of benzene rings is 1. The van der Waals surface area contributed by atoms with Gasteiger partial charge in [0.05, 0.1) is 24.8 Å². The molecule has 1 atom stereocenters. The summed E-state index contributed by atoms with van der Waals surface area (Å²) in [6.45, 7) is 3.99. The van der Waals surface area contributed by atoms with Crippen molar-refractivity contribution in [3.05, 3.63) is 35.2 Å². The molecule has 3 nitrogen and oxygen atoms in total. The third-order valence-electron chi connectivity index (χ3n) is 3.34. The van der Waals surface area contributed by atoms with Gasteiger partial charge in [0.2, 0.25) is 0 Å². The number of carbonyl (C=O) groups excluding carboxylic acids is 1. The third kappa shape index (κ3) is 1.91. The largest absolute Gasteiger partial charge is 0.377 e. The van der Waals surface area contributed by atoms with Gasteiger partial charge in [0.25, 0.3) is 5.91 Å².